The van der Waals surface area contributed by atoms with Crippen LogP contribution in [0.1, 0.15) is 10.4 Å². The lowest BCUT2D eigenvalue weighted by Crippen LogP contribution is -2.05. The molecule has 4 heteroatoms. The molecule has 0 spiro atoms. The van der Waals surface area contributed by atoms with E-state index in [0.29, 0.717) is 10.0 Å². The maximum absolute atomic E-state index is 11.4. The lowest BCUT2D eigenvalue weighted by molar-refractivity contribution is 0.0555. The second-order valence-corrected chi connectivity index (χ2v) is 3.42. The van der Waals surface area contributed by atoms with E-state index in [4.69, 9.17) is 4.74 Å². The van der Waals surface area contributed by atoms with Gasteiger partial charge in [0.15, 0.2) is 6.61 Å². The van der Waals surface area contributed by atoms with E-state index in [2.05, 4.69) is 39.7 Å². The number of thiol groups is 1. The molecule has 0 unspecified atom stereocenters. The van der Waals surface area contributed by atoms with Gasteiger partial charge in [0.1, 0.15) is 0 Å². The highest BCUT2D eigenvalue weighted by atomic mass is 79.9. The highest BCUT2D eigenvalue weighted by Crippen LogP contribution is 2.16. The molecule has 14 heavy (non-hydrogen) atoms. The molecule has 1 aromatic rings. The number of benzene rings is 1. The quantitative estimate of drug-likeness (QED) is 0.508. The van der Waals surface area contributed by atoms with Gasteiger partial charge < -0.3 is 4.74 Å². The van der Waals surface area contributed by atoms with Crippen molar-refractivity contribution in [1.29, 1.82) is 0 Å². The average molecular weight is 271 g/mol. The fraction of sp³-hybridized carbons (Fsp3) is 0.100. The zero-order valence-electron chi connectivity index (χ0n) is 7.16. The number of halogens is 1. The first kappa shape index (κ1) is 11.2. The minimum absolute atomic E-state index is 0.0592. The lowest BCUT2D eigenvalue weighted by Gasteiger charge is -2.02. The summed E-state index contributed by atoms with van der Waals surface area (Å²) in [6, 6.07) is 7.06. The smallest absolute Gasteiger partial charge is 0.340 e. The van der Waals surface area contributed by atoms with Gasteiger partial charge in [0, 0.05) is 4.47 Å². The predicted molar refractivity (Wildman–Crippen MR) is 61.2 cm³/mol. The Morgan fingerprint density at radius 2 is 2.21 bits per heavy atom. The Morgan fingerprint density at radius 1 is 1.50 bits per heavy atom. The van der Waals surface area contributed by atoms with Crippen LogP contribution in [0.5, 0.6) is 0 Å². The van der Waals surface area contributed by atoms with Crippen LogP contribution >= 0.6 is 28.6 Å². The Morgan fingerprint density at radius 3 is 2.86 bits per heavy atom. The highest BCUT2D eigenvalue weighted by Gasteiger charge is 2.09. The van der Waals surface area contributed by atoms with Crippen LogP contribution in [0.3, 0.4) is 0 Å². The van der Waals surface area contributed by atoms with Crippen LogP contribution in [-0.4, -0.2) is 12.6 Å². The molecule has 1 rings (SSSR count). The Kier molecular flexibility index (Phi) is 4.57. The Hall–Kier alpha value is -0.920. The fourth-order valence-corrected chi connectivity index (χ4v) is 1.35. The van der Waals surface area contributed by atoms with Crippen LogP contribution in [0.15, 0.2) is 28.7 Å². The normalized spacial score (nSPS) is 8.71. The van der Waals surface area contributed by atoms with Crippen molar-refractivity contribution < 1.29 is 9.53 Å². The van der Waals surface area contributed by atoms with Crippen molar-refractivity contribution in [3.05, 3.63) is 34.3 Å². The Balaban J connectivity index is 2.68. The molecule has 0 saturated heterocycles. The molecule has 0 aliphatic rings. The van der Waals surface area contributed by atoms with Gasteiger partial charge in [-0.05, 0) is 33.3 Å². The molecule has 0 fully saturated rings. The van der Waals surface area contributed by atoms with Crippen molar-refractivity contribution in [2.75, 3.05) is 6.61 Å². The molecular formula is C10H7BrO2S. The van der Waals surface area contributed by atoms with E-state index >= 15 is 0 Å². The molecule has 0 heterocycles. The van der Waals surface area contributed by atoms with Crippen LogP contribution in [-0.2, 0) is 4.74 Å². The molecule has 0 aromatic heterocycles. The molecule has 0 bridgehead atoms. The van der Waals surface area contributed by atoms with Crippen molar-refractivity contribution in [2.24, 2.45) is 0 Å². The number of hydrogen-bond donors (Lipinski definition) is 1. The largest absolute Gasteiger partial charge is 0.449 e. The summed E-state index contributed by atoms with van der Waals surface area (Å²) in [6.07, 6.45) is 0. The van der Waals surface area contributed by atoms with Gasteiger partial charge in [-0.25, -0.2) is 4.79 Å². The molecule has 0 atom stereocenters. The van der Waals surface area contributed by atoms with E-state index in [-0.39, 0.29) is 6.61 Å². The fourth-order valence-electron chi connectivity index (χ4n) is 0.838. The van der Waals surface area contributed by atoms with E-state index in [1.165, 1.54) is 0 Å². The first-order valence-corrected chi connectivity index (χ1v) is 5.03. The number of hydrogen-bond acceptors (Lipinski definition) is 3. The summed E-state index contributed by atoms with van der Waals surface area (Å²) in [7, 11) is 0. The average Bonchev–Trinajstić information content (AvgIpc) is 2.18. The molecule has 0 aliphatic carbocycles. The number of rotatable bonds is 2. The van der Waals surface area contributed by atoms with Gasteiger partial charge in [0.25, 0.3) is 0 Å². The van der Waals surface area contributed by atoms with E-state index in [0.717, 1.165) is 0 Å². The van der Waals surface area contributed by atoms with Gasteiger partial charge in [-0.3, -0.25) is 0 Å². The summed E-state index contributed by atoms with van der Waals surface area (Å²) in [5.41, 5.74) is 0.494. The third kappa shape index (κ3) is 3.09. The van der Waals surface area contributed by atoms with Gasteiger partial charge in [0.2, 0.25) is 0 Å². The van der Waals surface area contributed by atoms with E-state index in [1.54, 1.807) is 18.2 Å². The zero-order valence-corrected chi connectivity index (χ0v) is 9.64. The van der Waals surface area contributed by atoms with Crippen LogP contribution in [0.4, 0.5) is 0 Å². The van der Waals surface area contributed by atoms with E-state index in [9.17, 15) is 4.79 Å². The lowest BCUT2D eigenvalue weighted by atomic mass is 10.2. The van der Waals surface area contributed by atoms with Crippen molar-refractivity contribution in [1.82, 2.24) is 0 Å². The maximum atomic E-state index is 11.4. The van der Waals surface area contributed by atoms with Gasteiger partial charge in [-0.1, -0.05) is 30.7 Å². The molecule has 0 aliphatic heterocycles. The molecule has 0 saturated carbocycles. The van der Waals surface area contributed by atoms with Gasteiger partial charge in [0.05, 0.1) is 5.56 Å². The molecule has 1 aromatic carbocycles. The summed E-state index contributed by atoms with van der Waals surface area (Å²) in [5.74, 6) is 2.13. The second kappa shape index (κ2) is 5.74. The molecule has 2 nitrogen and oxygen atoms in total. The van der Waals surface area contributed by atoms with Crippen LogP contribution in [0.2, 0.25) is 0 Å². The number of ether oxygens (including phenoxy) is 1. The minimum Gasteiger partial charge on any atom is -0.449 e. The minimum atomic E-state index is -0.395. The first-order valence-electron chi connectivity index (χ1n) is 3.79. The van der Waals surface area contributed by atoms with E-state index in [1.807, 2.05) is 6.07 Å². The van der Waals surface area contributed by atoms with Crippen LogP contribution < -0.4 is 0 Å². The molecular weight excluding hydrogens is 264 g/mol. The maximum Gasteiger partial charge on any atom is 0.340 e. The van der Waals surface area contributed by atoms with Crippen molar-refractivity contribution >= 4 is 34.5 Å². The van der Waals surface area contributed by atoms with Crippen LogP contribution in [0, 0.1) is 11.2 Å². The first-order chi connectivity index (χ1) is 6.75. The summed E-state index contributed by atoms with van der Waals surface area (Å²) in [6.45, 7) is 0.0592. The second-order valence-electron chi connectivity index (χ2n) is 2.34. The highest BCUT2D eigenvalue weighted by molar-refractivity contribution is 9.10. The monoisotopic (exact) mass is 270 g/mol. The predicted octanol–water partition coefficient (Wildman–Crippen LogP) is 2.50. The molecule has 0 radical (unpaired) electrons. The summed E-state index contributed by atoms with van der Waals surface area (Å²) in [4.78, 5) is 11.4. The van der Waals surface area contributed by atoms with E-state index < -0.39 is 5.97 Å². The van der Waals surface area contributed by atoms with Gasteiger partial charge in [-0.15, -0.1) is 0 Å². The summed E-state index contributed by atoms with van der Waals surface area (Å²) < 4.78 is 5.57. The summed E-state index contributed by atoms with van der Waals surface area (Å²) in [5, 5.41) is 2.34. The van der Waals surface area contributed by atoms with Gasteiger partial charge >= 0.3 is 5.97 Å². The Bertz CT molecular complexity index is 393. The molecule has 72 valence electrons. The molecule has 0 amide bonds. The third-order valence-corrected chi connectivity index (χ3v) is 2.30. The topological polar surface area (TPSA) is 26.3 Å². The zero-order chi connectivity index (χ0) is 10.4. The molecule has 0 N–H and O–H groups in total. The SMILES string of the molecule is O=C(OCC#CS)c1ccccc1Br. The van der Waals surface area contributed by atoms with Crippen molar-refractivity contribution in [3.63, 3.8) is 0 Å². The summed E-state index contributed by atoms with van der Waals surface area (Å²) >= 11 is 6.92. The number of carbonyl (C=O) groups is 1. The van der Waals surface area contributed by atoms with Crippen molar-refractivity contribution in [2.45, 2.75) is 0 Å². The number of esters is 1. The Labute approximate surface area is 96.2 Å². The van der Waals surface area contributed by atoms with Crippen molar-refractivity contribution in [3.8, 4) is 11.2 Å². The van der Waals surface area contributed by atoms with Gasteiger partial charge in [-0.2, -0.15) is 0 Å². The van der Waals surface area contributed by atoms with Crippen LogP contribution in [0.25, 0.3) is 0 Å². The number of carbonyl (C=O) groups excluding carboxylic acids is 1. The third-order valence-electron chi connectivity index (χ3n) is 1.45. The standard InChI is InChI=1S/C10H7BrO2S/c11-9-5-2-1-4-8(9)10(12)13-6-3-7-14/h1-2,4-5,14H,6H2.